The van der Waals surface area contributed by atoms with Crippen molar-refractivity contribution in [1.29, 1.82) is 0 Å². The zero-order valence-electron chi connectivity index (χ0n) is 14.0. The van der Waals surface area contributed by atoms with Gasteiger partial charge in [0.1, 0.15) is 5.75 Å². The lowest BCUT2D eigenvalue weighted by Gasteiger charge is -2.20. The molecule has 0 N–H and O–H groups in total. The van der Waals surface area contributed by atoms with Gasteiger partial charge in [0.25, 0.3) is 10.0 Å². The van der Waals surface area contributed by atoms with Crippen molar-refractivity contribution in [3.8, 4) is 5.75 Å². The normalized spacial score (nSPS) is 16.2. The highest BCUT2D eigenvalue weighted by molar-refractivity contribution is 7.92. The highest BCUT2D eigenvalue weighted by Crippen LogP contribution is 2.37. The Morgan fingerprint density at radius 2 is 1.80 bits per heavy atom. The zero-order valence-corrected chi connectivity index (χ0v) is 14.8. The molecule has 2 aromatic carbocycles. The third-order valence-corrected chi connectivity index (χ3v) is 6.66. The molecule has 0 fully saturated rings. The molecule has 0 aliphatic carbocycles. The van der Waals surface area contributed by atoms with Crippen LogP contribution in [0.15, 0.2) is 41.3 Å². The van der Waals surface area contributed by atoms with Crippen LogP contribution in [-0.2, 0) is 27.7 Å². The number of sulfonamides is 1. The molecule has 0 bridgehead atoms. The molecule has 0 saturated carbocycles. The molecule has 0 unspecified atom stereocenters. The molecule has 0 atom stereocenters. The van der Waals surface area contributed by atoms with Crippen LogP contribution in [0.1, 0.15) is 11.1 Å². The van der Waals surface area contributed by atoms with E-state index in [1.807, 2.05) is 6.07 Å². The molecule has 0 saturated heterocycles. The molecule has 4 rings (SSSR count). The van der Waals surface area contributed by atoms with Gasteiger partial charge in [-0.15, -0.1) is 0 Å². The second-order valence-electron chi connectivity index (χ2n) is 6.24. The summed E-state index contributed by atoms with van der Waals surface area (Å²) in [6.45, 7) is 0.404. The first-order valence-electron chi connectivity index (χ1n) is 8.01. The van der Waals surface area contributed by atoms with Crippen LogP contribution in [-0.4, -0.2) is 35.0 Å². The molecule has 2 aliphatic heterocycles. The smallest absolute Gasteiger partial charge is 0.264 e. The topological polar surface area (TPSA) is 66.9 Å². The number of hydrogen-bond acceptors (Lipinski definition) is 4. The number of benzene rings is 2. The van der Waals surface area contributed by atoms with E-state index in [4.69, 9.17) is 4.74 Å². The van der Waals surface area contributed by atoms with E-state index in [2.05, 4.69) is 0 Å². The maximum atomic E-state index is 13.1. The standard InChI is InChI=1S/C18H18N2O4S/c1-19-16-6-4-15(10-13(16)11-18(19)21)25(22,23)20-8-7-12-9-14(24-2)3-5-17(12)20/h3-6,9-10H,7-8,11H2,1-2H3. The number of nitrogens with zero attached hydrogens (tertiary/aromatic N) is 2. The first-order chi connectivity index (χ1) is 11.9. The summed E-state index contributed by atoms with van der Waals surface area (Å²) >= 11 is 0. The van der Waals surface area contributed by atoms with Crippen LogP contribution in [0, 0.1) is 0 Å². The monoisotopic (exact) mass is 358 g/mol. The van der Waals surface area contributed by atoms with Crippen LogP contribution in [0.4, 0.5) is 11.4 Å². The summed E-state index contributed by atoms with van der Waals surface area (Å²) < 4.78 is 32.9. The molecule has 2 aliphatic rings. The van der Waals surface area contributed by atoms with Crippen molar-refractivity contribution in [3.63, 3.8) is 0 Å². The Bertz CT molecular complexity index is 985. The fourth-order valence-electron chi connectivity index (χ4n) is 3.46. The second-order valence-corrected chi connectivity index (χ2v) is 8.10. The van der Waals surface area contributed by atoms with Crippen molar-refractivity contribution in [3.05, 3.63) is 47.5 Å². The Hall–Kier alpha value is -2.54. The maximum Gasteiger partial charge on any atom is 0.264 e. The SMILES string of the molecule is COc1ccc2c(c1)CCN2S(=O)(=O)c1ccc2c(c1)CC(=O)N2C. The Balaban J connectivity index is 1.73. The summed E-state index contributed by atoms with van der Waals surface area (Å²) in [5, 5.41) is 0. The van der Waals surface area contributed by atoms with Gasteiger partial charge in [-0.1, -0.05) is 0 Å². The average molecular weight is 358 g/mol. The molecular weight excluding hydrogens is 340 g/mol. The number of rotatable bonds is 3. The molecule has 25 heavy (non-hydrogen) atoms. The van der Waals surface area contributed by atoms with E-state index in [1.165, 1.54) is 4.31 Å². The highest BCUT2D eigenvalue weighted by atomic mass is 32.2. The molecule has 130 valence electrons. The van der Waals surface area contributed by atoms with Crippen LogP contribution >= 0.6 is 0 Å². The molecule has 2 heterocycles. The number of carbonyl (C=O) groups is 1. The molecular formula is C18H18N2O4S. The molecule has 0 radical (unpaired) electrons. The molecule has 0 spiro atoms. The van der Waals surface area contributed by atoms with Crippen LogP contribution in [0.2, 0.25) is 0 Å². The number of likely N-dealkylation sites (N-methyl/N-ethyl adjacent to an activating group) is 1. The van der Waals surface area contributed by atoms with E-state index in [-0.39, 0.29) is 17.2 Å². The van der Waals surface area contributed by atoms with Crippen LogP contribution < -0.4 is 13.9 Å². The number of amides is 1. The Morgan fingerprint density at radius 3 is 2.56 bits per heavy atom. The molecule has 1 amide bonds. The van der Waals surface area contributed by atoms with Gasteiger partial charge in [-0.2, -0.15) is 0 Å². The van der Waals surface area contributed by atoms with E-state index in [0.717, 1.165) is 22.6 Å². The summed E-state index contributed by atoms with van der Waals surface area (Å²) in [6.07, 6.45) is 0.890. The van der Waals surface area contributed by atoms with Gasteiger partial charge >= 0.3 is 0 Å². The van der Waals surface area contributed by atoms with Gasteiger partial charge in [0.05, 0.1) is 24.1 Å². The number of ether oxygens (including phenoxy) is 1. The molecule has 0 aromatic heterocycles. The van der Waals surface area contributed by atoms with Crippen molar-refractivity contribution < 1.29 is 17.9 Å². The van der Waals surface area contributed by atoms with Gasteiger partial charge in [0.2, 0.25) is 5.91 Å². The quantitative estimate of drug-likeness (QED) is 0.841. The summed E-state index contributed by atoms with van der Waals surface area (Å²) in [5.41, 5.74) is 3.17. The number of fused-ring (bicyclic) bond motifs is 2. The van der Waals surface area contributed by atoms with Crippen molar-refractivity contribution in [2.24, 2.45) is 0 Å². The van der Waals surface area contributed by atoms with Crippen molar-refractivity contribution in [1.82, 2.24) is 0 Å². The highest BCUT2D eigenvalue weighted by Gasteiger charge is 2.33. The number of carbonyl (C=O) groups excluding carboxylic acids is 1. The fraction of sp³-hybridized carbons (Fsp3) is 0.278. The van der Waals surface area contributed by atoms with Crippen molar-refractivity contribution >= 4 is 27.3 Å². The van der Waals surface area contributed by atoms with E-state index in [0.29, 0.717) is 18.7 Å². The Morgan fingerprint density at radius 1 is 1.04 bits per heavy atom. The Labute approximate surface area is 146 Å². The van der Waals surface area contributed by atoms with Crippen molar-refractivity contribution in [2.75, 3.05) is 29.9 Å². The summed E-state index contributed by atoms with van der Waals surface area (Å²) in [7, 11) is -0.373. The van der Waals surface area contributed by atoms with Gasteiger partial charge in [-0.05, 0) is 53.9 Å². The van der Waals surface area contributed by atoms with Gasteiger partial charge < -0.3 is 9.64 Å². The largest absolute Gasteiger partial charge is 0.497 e. The number of anilines is 2. The van der Waals surface area contributed by atoms with E-state index >= 15 is 0 Å². The van der Waals surface area contributed by atoms with Crippen molar-refractivity contribution in [2.45, 2.75) is 17.7 Å². The second kappa shape index (κ2) is 5.49. The number of methoxy groups -OCH3 is 1. The first-order valence-corrected chi connectivity index (χ1v) is 9.45. The maximum absolute atomic E-state index is 13.1. The summed E-state index contributed by atoms with van der Waals surface area (Å²) in [6, 6.07) is 10.3. The minimum Gasteiger partial charge on any atom is -0.497 e. The van der Waals surface area contributed by atoms with Gasteiger partial charge in [-0.3, -0.25) is 9.10 Å². The lowest BCUT2D eigenvalue weighted by Crippen LogP contribution is -2.29. The van der Waals surface area contributed by atoms with E-state index < -0.39 is 10.0 Å². The Kier molecular flexibility index (Phi) is 3.50. The minimum absolute atomic E-state index is 0.0249. The first kappa shape index (κ1) is 16.0. The van der Waals surface area contributed by atoms with Crippen LogP contribution in [0.25, 0.3) is 0 Å². The number of hydrogen-bond donors (Lipinski definition) is 0. The van der Waals surface area contributed by atoms with Gasteiger partial charge in [0.15, 0.2) is 0 Å². The average Bonchev–Trinajstić information content (AvgIpc) is 3.15. The third kappa shape index (κ3) is 2.38. The predicted octanol–water partition coefficient (Wildman–Crippen LogP) is 1.97. The van der Waals surface area contributed by atoms with Gasteiger partial charge in [-0.25, -0.2) is 8.42 Å². The lowest BCUT2D eigenvalue weighted by molar-refractivity contribution is -0.117. The summed E-state index contributed by atoms with van der Waals surface area (Å²) in [5.74, 6) is 0.695. The molecule has 7 heteroatoms. The molecule has 2 aromatic rings. The summed E-state index contributed by atoms with van der Waals surface area (Å²) in [4.78, 5) is 13.6. The lowest BCUT2D eigenvalue weighted by atomic mass is 10.1. The van der Waals surface area contributed by atoms with E-state index in [9.17, 15) is 13.2 Å². The van der Waals surface area contributed by atoms with Crippen LogP contribution in [0.3, 0.4) is 0 Å². The van der Waals surface area contributed by atoms with Crippen LogP contribution in [0.5, 0.6) is 5.75 Å². The minimum atomic E-state index is -3.67. The third-order valence-electron chi connectivity index (χ3n) is 4.86. The zero-order chi connectivity index (χ0) is 17.8. The molecule has 6 nitrogen and oxygen atoms in total. The van der Waals surface area contributed by atoms with Gasteiger partial charge in [0, 0.05) is 19.3 Å². The fourth-order valence-corrected chi connectivity index (χ4v) is 5.01. The predicted molar refractivity (Wildman–Crippen MR) is 94.8 cm³/mol. The van der Waals surface area contributed by atoms with E-state index in [1.54, 1.807) is 49.4 Å².